The molecule has 0 atom stereocenters. The van der Waals surface area contributed by atoms with Crippen molar-refractivity contribution >= 4 is 6.16 Å². The van der Waals surface area contributed by atoms with Crippen LogP contribution in [-0.2, 0) is 11.3 Å². The van der Waals surface area contributed by atoms with Gasteiger partial charge < -0.3 is 23.7 Å². The minimum atomic E-state index is -0.884. The number of carbonyl (C=O) groups excluding carboxylic acids is 1. The van der Waals surface area contributed by atoms with E-state index in [2.05, 4.69) is 0 Å². The number of aromatic hydroxyl groups is 1. The van der Waals surface area contributed by atoms with Gasteiger partial charge in [-0.1, -0.05) is 0 Å². The molecule has 0 saturated heterocycles. The summed E-state index contributed by atoms with van der Waals surface area (Å²) in [6.07, 6.45) is 0.596. The van der Waals surface area contributed by atoms with Crippen molar-refractivity contribution in [1.82, 2.24) is 0 Å². The minimum Gasteiger partial charge on any atom is -0.504 e. The molecule has 0 radical (unpaired) electrons. The van der Waals surface area contributed by atoms with E-state index in [0.717, 1.165) is 0 Å². The maximum Gasteiger partial charge on any atom is 0.514 e. The molecular formula is C14H14O6. The fourth-order valence-corrected chi connectivity index (χ4v) is 1.49. The maximum atomic E-state index is 11.4. The van der Waals surface area contributed by atoms with Crippen molar-refractivity contribution in [3.8, 4) is 17.2 Å². The molecule has 1 aromatic heterocycles. The first-order chi connectivity index (χ1) is 9.69. The summed E-state index contributed by atoms with van der Waals surface area (Å²) in [4.78, 5) is 11.4. The summed E-state index contributed by atoms with van der Waals surface area (Å²) in [6, 6.07) is 7.65. The molecule has 1 heterocycles. The zero-order valence-corrected chi connectivity index (χ0v) is 10.9. The molecule has 0 aliphatic rings. The Morgan fingerprint density at radius 3 is 2.85 bits per heavy atom. The van der Waals surface area contributed by atoms with Crippen molar-refractivity contribution < 1.29 is 28.5 Å². The topological polar surface area (TPSA) is 78.1 Å². The van der Waals surface area contributed by atoms with E-state index in [1.54, 1.807) is 19.1 Å². The Kier molecular flexibility index (Phi) is 4.49. The van der Waals surface area contributed by atoms with Gasteiger partial charge in [0.05, 0.1) is 12.9 Å². The molecule has 106 valence electrons. The quantitative estimate of drug-likeness (QED) is 0.668. The number of benzene rings is 1. The number of phenolic OH excluding ortho intramolecular Hbond substituents is 1. The Hall–Kier alpha value is -2.63. The molecule has 0 aliphatic heterocycles. The highest BCUT2D eigenvalue weighted by Gasteiger charge is 2.10. The summed E-state index contributed by atoms with van der Waals surface area (Å²) in [7, 11) is 0. The smallest absolute Gasteiger partial charge is 0.504 e. The first-order valence-electron chi connectivity index (χ1n) is 6.02. The summed E-state index contributed by atoms with van der Waals surface area (Å²) >= 11 is 0. The molecule has 2 rings (SSSR count). The van der Waals surface area contributed by atoms with E-state index in [0.29, 0.717) is 18.1 Å². The van der Waals surface area contributed by atoms with Gasteiger partial charge in [-0.3, -0.25) is 0 Å². The predicted octanol–water partition coefficient (Wildman–Crippen LogP) is 3.10. The molecule has 6 heteroatoms. The van der Waals surface area contributed by atoms with Gasteiger partial charge in [0, 0.05) is 6.07 Å². The van der Waals surface area contributed by atoms with Crippen molar-refractivity contribution in [2.45, 2.75) is 13.5 Å². The van der Waals surface area contributed by atoms with Crippen LogP contribution in [0.15, 0.2) is 41.0 Å². The molecular weight excluding hydrogens is 264 g/mol. The molecule has 0 fully saturated rings. The molecule has 20 heavy (non-hydrogen) atoms. The van der Waals surface area contributed by atoms with E-state index < -0.39 is 6.16 Å². The largest absolute Gasteiger partial charge is 0.514 e. The second kappa shape index (κ2) is 6.51. The van der Waals surface area contributed by atoms with E-state index in [1.807, 2.05) is 0 Å². The van der Waals surface area contributed by atoms with Gasteiger partial charge in [-0.05, 0) is 31.2 Å². The van der Waals surface area contributed by atoms with Gasteiger partial charge in [0.25, 0.3) is 0 Å². The third-order valence-electron chi connectivity index (χ3n) is 2.34. The summed E-state index contributed by atoms with van der Waals surface area (Å²) < 4.78 is 19.9. The van der Waals surface area contributed by atoms with Crippen LogP contribution in [0.4, 0.5) is 4.79 Å². The number of phenols is 1. The van der Waals surface area contributed by atoms with Crippen molar-refractivity contribution in [1.29, 1.82) is 0 Å². The van der Waals surface area contributed by atoms with Crippen LogP contribution in [0.1, 0.15) is 12.7 Å². The van der Waals surface area contributed by atoms with E-state index in [9.17, 15) is 9.90 Å². The lowest BCUT2D eigenvalue weighted by molar-refractivity contribution is 0.0863. The van der Waals surface area contributed by atoms with Gasteiger partial charge in [0.2, 0.25) is 0 Å². The molecule has 2 aromatic rings. The van der Waals surface area contributed by atoms with Crippen molar-refractivity contribution in [3.05, 3.63) is 42.4 Å². The van der Waals surface area contributed by atoms with Crippen LogP contribution >= 0.6 is 0 Å². The standard InChI is InChI=1S/C14H14O6/c1-2-17-13-6-5-10(8-12(13)15)20-14(16)19-9-11-4-3-7-18-11/h3-8,15H,2,9H2,1H3. The van der Waals surface area contributed by atoms with Crippen molar-refractivity contribution in [2.75, 3.05) is 6.61 Å². The lowest BCUT2D eigenvalue weighted by Gasteiger charge is -2.08. The number of furan rings is 1. The first-order valence-corrected chi connectivity index (χ1v) is 6.02. The third kappa shape index (κ3) is 3.68. The summed E-state index contributed by atoms with van der Waals surface area (Å²) in [5.41, 5.74) is 0. The Balaban J connectivity index is 1.89. The summed E-state index contributed by atoms with van der Waals surface area (Å²) in [5.74, 6) is 0.888. The molecule has 0 amide bonds. The van der Waals surface area contributed by atoms with Gasteiger partial charge in [0.1, 0.15) is 11.5 Å². The second-order valence-electron chi connectivity index (χ2n) is 3.78. The van der Waals surface area contributed by atoms with E-state index >= 15 is 0 Å². The Morgan fingerprint density at radius 1 is 1.35 bits per heavy atom. The van der Waals surface area contributed by atoms with Crippen LogP contribution in [-0.4, -0.2) is 17.9 Å². The molecule has 0 aliphatic carbocycles. The second-order valence-corrected chi connectivity index (χ2v) is 3.78. The van der Waals surface area contributed by atoms with Crippen molar-refractivity contribution in [3.63, 3.8) is 0 Å². The average molecular weight is 278 g/mol. The number of hydrogen-bond donors (Lipinski definition) is 1. The number of hydrogen-bond acceptors (Lipinski definition) is 6. The minimum absolute atomic E-state index is 0.0190. The van der Waals surface area contributed by atoms with Gasteiger partial charge in [-0.15, -0.1) is 0 Å². The zero-order chi connectivity index (χ0) is 14.4. The fraction of sp³-hybridized carbons (Fsp3) is 0.214. The highest BCUT2D eigenvalue weighted by atomic mass is 16.7. The third-order valence-corrected chi connectivity index (χ3v) is 2.34. The van der Waals surface area contributed by atoms with Gasteiger partial charge in [0.15, 0.2) is 18.1 Å². The normalized spacial score (nSPS) is 10.1. The molecule has 0 saturated carbocycles. The molecule has 0 spiro atoms. The summed E-state index contributed by atoms with van der Waals surface area (Å²) in [5, 5.41) is 9.64. The molecule has 0 bridgehead atoms. The van der Waals surface area contributed by atoms with Crippen LogP contribution in [0.25, 0.3) is 0 Å². The lowest BCUT2D eigenvalue weighted by atomic mass is 10.3. The summed E-state index contributed by atoms with van der Waals surface area (Å²) in [6.45, 7) is 2.21. The van der Waals surface area contributed by atoms with Gasteiger partial charge in [-0.25, -0.2) is 4.79 Å². The van der Waals surface area contributed by atoms with Gasteiger partial charge >= 0.3 is 6.16 Å². The number of ether oxygens (including phenoxy) is 3. The number of carbonyl (C=O) groups is 1. The molecule has 1 N–H and O–H groups in total. The Labute approximate surface area is 115 Å². The number of rotatable bonds is 5. The highest BCUT2D eigenvalue weighted by Crippen LogP contribution is 2.30. The monoisotopic (exact) mass is 278 g/mol. The average Bonchev–Trinajstić information content (AvgIpc) is 2.93. The predicted molar refractivity (Wildman–Crippen MR) is 68.8 cm³/mol. The van der Waals surface area contributed by atoms with Crippen LogP contribution in [0.3, 0.4) is 0 Å². The van der Waals surface area contributed by atoms with E-state index in [4.69, 9.17) is 18.6 Å². The van der Waals surface area contributed by atoms with Crippen LogP contribution in [0, 0.1) is 0 Å². The van der Waals surface area contributed by atoms with Crippen molar-refractivity contribution in [2.24, 2.45) is 0 Å². The van der Waals surface area contributed by atoms with Gasteiger partial charge in [-0.2, -0.15) is 0 Å². The first kappa shape index (κ1) is 13.8. The zero-order valence-electron chi connectivity index (χ0n) is 10.9. The highest BCUT2D eigenvalue weighted by molar-refractivity contribution is 5.64. The molecule has 1 aromatic carbocycles. The van der Waals surface area contributed by atoms with Crippen LogP contribution in [0.5, 0.6) is 17.2 Å². The Morgan fingerprint density at radius 2 is 2.20 bits per heavy atom. The maximum absolute atomic E-state index is 11.4. The molecule has 0 unspecified atom stereocenters. The van der Waals surface area contributed by atoms with Crippen LogP contribution < -0.4 is 9.47 Å². The fourth-order valence-electron chi connectivity index (χ4n) is 1.49. The van der Waals surface area contributed by atoms with E-state index in [1.165, 1.54) is 24.5 Å². The SMILES string of the molecule is CCOc1ccc(OC(=O)OCc2ccco2)cc1O. The van der Waals surface area contributed by atoms with Crippen LogP contribution in [0.2, 0.25) is 0 Å². The van der Waals surface area contributed by atoms with E-state index in [-0.39, 0.29) is 18.1 Å². The lowest BCUT2D eigenvalue weighted by Crippen LogP contribution is -2.10. The Bertz CT molecular complexity index is 561. The molecule has 6 nitrogen and oxygen atoms in total.